The quantitative estimate of drug-likeness (QED) is 0.600. The molecule has 0 heterocycles. The molecule has 2 rings (SSSR count). The van der Waals surface area contributed by atoms with Gasteiger partial charge >= 0.3 is 13.6 Å². The van der Waals surface area contributed by atoms with Gasteiger partial charge in [0, 0.05) is 5.69 Å². The summed E-state index contributed by atoms with van der Waals surface area (Å²) in [6.07, 6.45) is 0. The molecule has 8 nitrogen and oxygen atoms in total. The lowest BCUT2D eigenvalue weighted by molar-refractivity contribution is 0.256. The van der Waals surface area contributed by atoms with Gasteiger partial charge in [-0.25, -0.2) is 17.9 Å². The molecule has 0 aliphatic heterocycles. The summed E-state index contributed by atoms with van der Waals surface area (Å²) in [7, 11) is -8.39. The van der Waals surface area contributed by atoms with Crippen molar-refractivity contribution in [3.05, 3.63) is 54.1 Å². The number of rotatable bonds is 4. The first-order chi connectivity index (χ1) is 11.1. The lowest BCUT2D eigenvalue weighted by Crippen LogP contribution is -2.34. The van der Waals surface area contributed by atoms with E-state index in [1.807, 2.05) is 4.72 Å². The molecule has 24 heavy (non-hydrogen) atoms. The highest BCUT2D eigenvalue weighted by atomic mass is 32.2. The smallest absolute Gasteiger partial charge is 0.321 e. The summed E-state index contributed by atoms with van der Waals surface area (Å²) >= 11 is 0. The van der Waals surface area contributed by atoms with Crippen molar-refractivity contribution in [2.24, 2.45) is 0 Å². The number of aryl methyl sites for hydroxylation is 1. The van der Waals surface area contributed by atoms with Crippen LogP contribution in [0.1, 0.15) is 5.56 Å². The van der Waals surface area contributed by atoms with Gasteiger partial charge in [-0.3, -0.25) is 4.57 Å². The van der Waals surface area contributed by atoms with Gasteiger partial charge in [0.1, 0.15) is 0 Å². The third kappa shape index (κ3) is 4.65. The van der Waals surface area contributed by atoms with Gasteiger partial charge in [0.2, 0.25) is 0 Å². The molecule has 0 aliphatic carbocycles. The Kier molecular flexibility index (Phi) is 5.10. The zero-order valence-corrected chi connectivity index (χ0v) is 14.2. The van der Waals surface area contributed by atoms with Crippen LogP contribution in [0.25, 0.3) is 0 Å². The van der Waals surface area contributed by atoms with Crippen LogP contribution >= 0.6 is 7.60 Å². The Morgan fingerprint density at radius 1 is 1.00 bits per heavy atom. The molecule has 2 aromatic carbocycles. The highest BCUT2D eigenvalue weighted by molar-refractivity contribution is 7.90. The molecule has 0 aromatic heterocycles. The predicted octanol–water partition coefficient (Wildman–Crippen LogP) is 1.31. The maximum Gasteiger partial charge on any atom is 0.356 e. The predicted molar refractivity (Wildman–Crippen MR) is 88.6 cm³/mol. The van der Waals surface area contributed by atoms with Crippen LogP contribution in [-0.4, -0.2) is 24.2 Å². The minimum atomic E-state index is -4.37. The van der Waals surface area contributed by atoms with Gasteiger partial charge in [-0.15, -0.1) is 0 Å². The average Bonchev–Trinajstić information content (AvgIpc) is 2.46. The van der Waals surface area contributed by atoms with Gasteiger partial charge in [0.15, 0.2) is 0 Å². The monoisotopic (exact) mass is 370 g/mol. The van der Waals surface area contributed by atoms with Gasteiger partial charge in [-0.05, 0) is 43.3 Å². The van der Waals surface area contributed by atoms with Gasteiger partial charge in [0.05, 0.1) is 10.2 Å². The van der Waals surface area contributed by atoms with Crippen molar-refractivity contribution in [2.75, 3.05) is 5.32 Å². The van der Waals surface area contributed by atoms with Crippen molar-refractivity contribution < 1.29 is 27.6 Å². The first-order valence-corrected chi connectivity index (χ1v) is 9.74. The van der Waals surface area contributed by atoms with E-state index in [-0.39, 0.29) is 15.9 Å². The van der Waals surface area contributed by atoms with E-state index >= 15 is 0 Å². The first-order valence-electron chi connectivity index (χ1n) is 6.64. The van der Waals surface area contributed by atoms with Gasteiger partial charge in [0.25, 0.3) is 10.0 Å². The van der Waals surface area contributed by atoms with Gasteiger partial charge in [-0.1, -0.05) is 17.7 Å². The summed E-state index contributed by atoms with van der Waals surface area (Å²) in [5.41, 5.74) is 1.06. The van der Waals surface area contributed by atoms with Crippen molar-refractivity contribution in [3.8, 4) is 0 Å². The van der Waals surface area contributed by atoms with Crippen LogP contribution in [0.5, 0.6) is 0 Å². The molecule has 0 radical (unpaired) electrons. The molecular weight excluding hydrogens is 355 g/mol. The summed E-state index contributed by atoms with van der Waals surface area (Å²) in [6.45, 7) is 1.80. The Morgan fingerprint density at radius 3 is 2.04 bits per heavy atom. The summed E-state index contributed by atoms with van der Waals surface area (Å²) in [6, 6.07) is 9.77. The Balaban J connectivity index is 2.07. The molecule has 0 unspecified atom stereocenters. The Bertz CT molecular complexity index is 888. The number of hydrogen-bond acceptors (Lipinski definition) is 4. The molecule has 128 valence electrons. The standard InChI is InChI=1S/C14H15N2O6PS/c1-10-2-8-13(9-3-10)24(21,22)16-14(17)15-11-4-6-12(7-5-11)23(18,19)20/h2-9H,1H3,(H2,15,16,17)(H2,18,19,20). The van der Waals surface area contributed by atoms with E-state index in [9.17, 15) is 17.8 Å². The molecular formula is C14H15N2O6PS. The van der Waals surface area contributed by atoms with E-state index in [4.69, 9.17) is 9.79 Å². The summed E-state index contributed by atoms with van der Waals surface area (Å²) in [5.74, 6) is 0. The molecule has 0 atom stereocenters. The number of benzene rings is 2. The summed E-state index contributed by atoms with van der Waals surface area (Å²) < 4.78 is 37.0. The fourth-order valence-corrected chi connectivity index (χ4v) is 3.24. The Labute approximate surface area is 138 Å². The fraction of sp³-hybridized carbons (Fsp3) is 0.0714. The normalized spacial score (nSPS) is 11.8. The molecule has 2 aromatic rings. The second-order valence-electron chi connectivity index (χ2n) is 4.96. The van der Waals surface area contributed by atoms with Gasteiger partial charge in [-0.2, -0.15) is 0 Å². The lowest BCUT2D eigenvalue weighted by Gasteiger charge is -2.10. The van der Waals surface area contributed by atoms with Crippen LogP contribution in [0.2, 0.25) is 0 Å². The number of amides is 2. The number of nitrogens with one attached hydrogen (secondary N) is 2. The van der Waals surface area contributed by atoms with Crippen LogP contribution in [0.4, 0.5) is 10.5 Å². The highest BCUT2D eigenvalue weighted by Gasteiger charge is 2.19. The topological polar surface area (TPSA) is 133 Å². The van der Waals surface area contributed by atoms with Crippen LogP contribution in [-0.2, 0) is 14.6 Å². The van der Waals surface area contributed by atoms with Crippen LogP contribution < -0.4 is 15.3 Å². The van der Waals surface area contributed by atoms with Crippen LogP contribution in [0.15, 0.2) is 53.4 Å². The second-order valence-corrected chi connectivity index (χ2v) is 8.25. The van der Waals surface area contributed by atoms with Crippen molar-refractivity contribution >= 4 is 34.6 Å². The largest absolute Gasteiger partial charge is 0.356 e. The van der Waals surface area contributed by atoms with E-state index in [0.717, 1.165) is 17.7 Å². The SMILES string of the molecule is Cc1ccc(S(=O)(=O)NC(=O)Nc2ccc(P(=O)(O)O)cc2)cc1. The Morgan fingerprint density at radius 2 is 1.54 bits per heavy atom. The van der Waals surface area contributed by atoms with Gasteiger partial charge < -0.3 is 15.1 Å². The highest BCUT2D eigenvalue weighted by Crippen LogP contribution is 2.33. The minimum absolute atomic E-state index is 0.0555. The second kappa shape index (κ2) is 6.74. The zero-order valence-electron chi connectivity index (χ0n) is 12.5. The number of anilines is 1. The lowest BCUT2D eigenvalue weighted by atomic mass is 10.2. The van der Waals surface area contributed by atoms with Crippen LogP contribution in [0, 0.1) is 6.92 Å². The third-order valence-corrected chi connectivity index (χ3v) is 5.34. The van der Waals surface area contributed by atoms with E-state index in [1.54, 1.807) is 19.1 Å². The number of carbonyl (C=O) groups is 1. The number of carbonyl (C=O) groups excluding carboxylic acids is 1. The Hall–Kier alpha value is -2.19. The minimum Gasteiger partial charge on any atom is -0.321 e. The van der Waals surface area contributed by atoms with E-state index in [0.29, 0.717) is 0 Å². The maximum atomic E-state index is 12.1. The molecule has 10 heteroatoms. The third-order valence-electron chi connectivity index (χ3n) is 3.02. The van der Waals surface area contributed by atoms with Crippen LogP contribution in [0.3, 0.4) is 0 Å². The summed E-state index contributed by atoms with van der Waals surface area (Å²) in [5, 5.41) is 2.07. The average molecular weight is 370 g/mol. The number of hydrogen-bond donors (Lipinski definition) is 4. The van der Waals surface area contributed by atoms with E-state index < -0.39 is 23.7 Å². The molecule has 0 bridgehead atoms. The fourth-order valence-electron chi connectivity index (χ4n) is 1.79. The van der Waals surface area contributed by atoms with E-state index in [1.165, 1.54) is 24.3 Å². The molecule has 0 spiro atoms. The summed E-state index contributed by atoms with van der Waals surface area (Å²) in [4.78, 5) is 29.7. The van der Waals surface area contributed by atoms with Crippen molar-refractivity contribution in [3.63, 3.8) is 0 Å². The van der Waals surface area contributed by atoms with Crippen molar-refractivity contribution in [1.82, 2.24) is 4.72 Å². The van der Waals surface area contributed by atoms with Crippen molar-refractivity contribution in [2.45, 2.75) is 11.8 Å². The van der Waals surface area contributed by atoms with Crippen molar-refractivity contribution in [1.29, 1.82) is 0 Å². The molecule has 4 N–H and O–H groups in total. The number of sulfonamides is 1. The molecule has 2 amide bonds. The molecule has 0 saturated carbocycles. The molecule has 0 fully saturated rings. The van der Waals surface area contributed by atoms with E-state index in [2.05, 4.69) is 5.32 Å². The first kappa shape index (κ1) is 18.2. The zero-order chi connectivity index (χ0) is 18.0. The molecule has 0 aliphatic rings. The molecule has 0 saturated heterocycles. The maximum absolute atomic E-state index is 12.1. The number of urea groups is 1.